The maximum absolute atomic E-state index is 12.5. The molecule has 138 valence electrons. The third-order valence-electron chi connectivity index (χ3n) is 4.77. The second-order valence-corrected chi connectivity index (χ2v) is 6.77. The van der Waals surface area contributed by atoms with E-state index in [4.69, 9.17) is 14.9 Å². The van der Waals surface area contributed by atoms with Gasteiger partial charge in [-0.2, -0.15) is 0 Å². The summed E-state index contributed by atoms with van der Waals surface area (Å²) < 4.78 is 10.7. The van der Waals surface area contributed by atoms with Crippen LogP contribution >= 0.6 is 0 Å². The first kappa shape index (κ1) is 17.3. The molecule has 1 aromatic heterocycles. The van der Waals surface area contributed by atoms with Gasteiger partial charge in [-0.1, -0.05) is 12.1 Å². The fraction of sp³-hybridized carbons (Fsp3) is 0.238. The largest absolute Gasteiger partial charge is 0.494 e. The standard InChI is InChI=1S/C21H20N2O4/c1-2-26-16-8-3-13-11-17(20(25)27-18(13)12-16)19(24)23-15-6-4-14(5-7-15)21(22)9-10-21/h3-8,11-12H,2,9-10,22H2,1H3,(H,23,24). The van der Waals surface area contributed by atoms with Crippen LogP contribution in [0.5, 0.6) is 5.75 Å². The Labute approximate surface area is 155 Å². The van der Waals surface area contributed by atoms with Crippen LogP contribution < -0.4 is 21.4 Å². The molecule has 3 N–H and O–H groups in total. The molecule has 1 heterocycles. The van der Waals surface area contributed by atoms with Gasteiger partial charge in [-0.25, -0.2) is 4.79 Å². The van der Waals surface area contributed by atoms with Gasteiger partial charge in [0.25, 0.3) is 5.91 Å². The summed E-state index contributed by atoms with van der Waals surface area (Å²) in [6.07, 6.45) is 1.95. The summed E-state index contributed by atoms with van der Waals surface area (Å²) in [4.78, 5) is 24.8. The molecule has 6 heteroatoms. The molecule has 0 spiro atoms. The predicted molar refractivity (Wildman–Crippen MR) is 103 cm³/mol. The Morgan fingerprint density at radius 2 is 1.93 bits per heavy atom. The Morgan fingerprint density at radius 3 is 2.59 bits per heavy atom. The Hall–Kier alpha value is -3.12. The number of rotatable bonds is 5. The minimum Gasteiger partial charge on any atom is -0.494 e. The lowest BCUT2D eigenvalue weighted by Crippen LogP contribution is -2.21. The van der Waals surface area contributed by atoms with Gasteiger partial charge in [0, 0.05) is 22.7 Å². The van der Waals surface area contributed by atoms with Crippen LogP contribution in [0.3, 0.4) is 0 Å². The average molecular weight is 364 g/mol. The summed E-state index contributed by atoms with van der Waals surface area (Å²) in [7, 11) is 0. The summed E-state index contributed by atoms with van der Waals surface area (Å²) >= 11 is 0. The van der Waals surface area contributed by atoms with Gasteiger partial charge in [-0.15, -0.1) is 0 Å². The first-order valence-corrected chi connectivity index (χ1v) is 8.90. The van der Waals surface area contributed by atoms with Crippen molar-refractivity contribution in [3.63, 3.8) is 0 Å². The average Bonchev–Trinajstić information content (AvgIpc) is 3.40. The van der Waals surface area contributed by atoms with Gasteiger partial charge in [0.15, 0.2) is 0 Å². The molecule has 4 rings (SSSR count). The van der Waals surface area contributed by atoms with Crippen LogP contribution in [0.4, 0.5) is 5.69 Å². The number of hydrogen-bond donors (Lipinski definition) is 2. The number of amides is 1. The molecule has 0 radical (unpaired) electrons. The molecule has 1 fully saturated rings. The predicted octanol–water partition coefficient (Wildman–Crippen LogP) is 3.39. The van der Waals surface area contributed by atoms with Crippen molar-refractivity contribution in [2.45, 2.75) is 25.3 Å². The maximum atomic E-state index is 12.5. The van der Waals surface area contributed by atoms with Gasteiger partial charge in [0.2, 0.25) is 0 Å². The summed E-state index contributed by atoms with van der Waals surface area (Å²) in [6.45, 7) is 2.39. The minimum atomic E-state index is -0.691. The Bertz CT molecular complexity index is 1070. The third kappa shape index (κ3) is 3.44. The topological polar surface area (TPSA) is 94.6 Å². The quantitative estimate of drug-likeness (QED) is 0.677. The third-order valence-corrected chi connectivity index (χ3v) is 4.77. The van der Waals surface area contributed by atoms with E-state index in [1.807, 2.05) is 19.1 Å². The fourth-order valence-electron chi connectivity index (χ4n) is 3.01. The number of ether oxygens (including phenoxy) is 1. The zero-order valence-corrected chi connectivity index (χ0v) is 15.0. The van der Waals surface area contributed by atoms with Crippen molar-refractivity contribution < 1.29 is 13.9 Å². The van der Waals surface area contributed by atoms with E-state index in [0.29, 0.717) is 29.0 Å². The zero-order chi connectivity index (χ0) is 19.0. The number of benzene rings is 2. The van der Waals surface area contributed by atoms with Gasteiger partial charge in [-0.3, -0.25) is 4.79 Å². The number of nitrogens with two attached hydrogens (primary N) is 1. The minimum absolute atomic E-state index is 0.0479. The molecule has 1 saturated carbocycles. The van der Waals surface area contributed by atoms with E-state index in [-0.39, 0.29) is 11.1 Å². The molecule has 0 bridgehead atoms. The SMILES string of the molecule is CCOc1ccc2cc(C(=O)Nc3ccc(C4(N)CC4)cc3)c(=O)oc2c1. The number of fused-ring (bicyclic) bond motifs is 1. The van der Waals surface area contributed by atoms with Crippen molar-refractivity contribution in [3.05, 3.63) is 70.1 Å². The van der Waals surface area contributed by atoms with Crippen LogP contribution in [0.1, 0.15) is 35.7 Å². The molecule has 27 heavy (non-hydrogen) atoms. The molecule has 1 aliphatic carbocycles. The monoisotopic (exact) mass is 364 g/mol. The van der Waals surface area contributed by atoms with Gasteiger partial charge in [0.1, 0.15) is 16.9 Å². The lowest BCUT2D eigenvalue weighted by Gasteiger charge is -2.10. The second-order valence-electron chi connectivity index (χ2n) is 6.77. The van der Waals surface area contributed by atoms with E-state index >= 15 is 0 Å². The van der Waals surface area contributed by atoms with Crippen molar-refractivity contribution in [3.8, 4) is 5.75 Å². The van der Waals surface area contributed by atoms with E-state index in [1.54, 1.807) is 30.3 Å². The Morgan fingerprint density at radius 1 is 1.19 bits per heavy atom. The lowest BCUT2D eigenvalue weighted by molar-refractivity contribution is 0.102. The van der Waals surface area contributed by atoms with Crippen LogP contribution in [-0.4, -0.2) is 12.5 Å². The highest BCUT2D eigenvalue weighted by Gasteiger charge is 2.39. The van der Waals surface area contributed by atoms with E-state index in [2.05, 4.69) is 5.32 Å². The maximum Gasteiger partial charge on any atom is 0.349 e. The van der Waals surface area contributed by atoms with Gasteiger partial charge >= 0.3 is 5.63 Å². The molecule has 0 unspecified atom stereocenters. The number of hydrogen-bond acceptors (Lipinski definition) is 5. The lowest BCUT2D eigenvalue weighted by atomic mass is 10.1. The van der Waals surface area contributed by atoms with Crippen LogP contribution in [0.15, 0.2) is 57.7 Å². The normalized spacial score (nSPS) is 14.7. The molecule has 2 aromatic carbocycles. The molecular formula is C21H20N2O4. The van der Waals surface area contributed by atoms with Crippen molar-refractivity contribution in [1.82, 2.24) is 0 Å². The van der Waals surface area contributed by atoms with Crippen LogP contribution in [0, 0.1) is 0 Å². The van der Waals surface area contributed by atoms with Gasteiger partial charge < -0.3 is 20.2 Å². The van der Waals surface area contributed by atoms with E-state index in [9.17, 15) is 9.59 Å². The molecule has 1 aliphatic rings. The molecule has 1 amide bonds. The number of carbonyl (C=O) groups excluding carboxylic acids is 1. The number of anilines is 1. The second kappa shape index (κ2) is 6.55. The highest BCUT2D eigenvalue weighted by atomic mass is 16.5. The summed E-state index contributed by atoms with van der Waals surface area (Å²) in [5, 5.41) is 3.38. The molecule has 0 saturated heterocycles. The molecule has 0 aliphatic heterocycles. The van der Waals surface area contributed by atoms with Gasteiger partial charge in [0.05, 0.1) is 6.61 Å². The summed E-state index contributed by atoms with van der Waals surface area (Å²) in [5.41, 5.74) is 7.23. The molecule has 6 nitrogen and oxygen atoms in total. The van der Waals surface area contributed by atoms with E-state index in [0.717, 1.165) is 18.4 Å². The van der Waals surface area contributed by atoms with Crippen LogP contribution in [-0.2, 0) is 5.54 Å². The molecular weight excluding hydrogens is 344 g/mol. The Kier molecular flexibility index (Phi) is 4.20. The number of nitrogens with one attached hydrogen (secondary N) is 1. The molecule has 0 atom stereocenters. The highest BCUT2D eigenvalue weighted by Crippen LogP contribution is 2.42. The van der Waals surface area contributed by atoms with E-state index < -0.39 is 11.5 Å². The summed E-state index contributed by atoms with van der Waals surface area (Å²) in [5.74, 6) is 0.0972. The first-order chi connectivity index (χ1) is 13.0. The summed E-state index contributed by atoms with van der Waals surface area (Å²) in [6, 6.07) is 14.1. The zero-order valence-electron chi connectivity index (χ0n) is 15.0. The van der Waals surface area contributed by atoms with Crippen LogP contribution in [0.25, 0.3) is 11.0 Å². The Balaban J connectivity index is 1.57. The first-order valence-electron chi connectivity index (χ1n) is 8.90. The van der Waals surface area contributed by atoms with Gasteiger partial charge in [-0.05, 0) is 55.7 Å². The van der Waals surface area contributed by atoms with Crippen LogP contribution in [0.2, 0.25) is 0 Å². The van der Waals surface area contributed by atoms with Crippen molar-refractivity contribution >= 4 is 22.6 Å². The van der Waals surface area contributed by atoms with Crippen molar-refractivity contribution in [2.24, 2.45) is 5.73 Å². The highest BCUT2D eigenvalue weighted by molar-refractivity contribution is 6.05. The molecule has 3 aromatic rings. The van der Waals surface area contributed by atoms with Crippen molar-refractivity contribution in [2.75, 3.05) is 11.9 Å². The number of carbonyl (C=O) groups is 1. The van der Waals surface area contributed by atoms with Crippen molar-refractivity contribution in [1.29, 1.82) is 0 Å². The smallest absolute Gasteiger partial charge is 0.349 e. The van der Waals surface area contributed by atoms with E-state index in [1.165, 1.54) is 6.07 Å². The fourth-order valence-corrected chi connectivity index (χ4v) is 3.01.